The number of hydrogen-bond donors (Lipinski definition) is 2. The highest BCUT2D eigenvalue weighted by molar-refractivity contribution is 5.81. The second-order valence-electron chi connectivity index (χ2n) is 6.03. The van der Waals surface area contributed by atoms with E-state index in [-0.39, 0.29) is 11.9 Å². The van der Waals surface area contributed by atoms with Gasteiger partial charge in [-0.15, -0.1) is 0 Å². The second kappa shape index (κ2) is 7.96. The van der Waals surface area contributed by atoms with Gasteiger partial charge >= 0.3 is 0 Å². The van der Waals surface area contributed by atoms with E-state index < -0.39 is 0 Å². The van der Waals surface area contributed by atoms with E-state index in [1.165, 1.54) is 25.7 Å². The van der Waals surface area contributed by atoms with Crippen LogP contribution in [0.4, 0.5) is 0 Å². The summed E-state index contributed by atoms with van der Waals surface area (Å²) in [6.07, 6.45) is 5.87. The van der Waals surface area contributed by atoms with Crippen molar-refractivity contribution >= 4 is 5.91 Å². The molecule has 5 nitrogen and oxygen atoms in total. The first-order valence-electron chi connectivity index (χ1n) is 7.98. The number of rotatable bonds is 9. The zero-order chi connectivity index (χ0) is 14.4. The molecule has 0 spiro atoms. The van der Waals surface area contributed by atoms with Crippen molar-refractivity contribution in [1.29, 1.82) is 0 Å². The molecule has 0 aromatic rings. The summed E-state index contributed by atoms with van der Waals surface area (Å²) in [4.78, 5) is 14.6. The summed E-state index contributed by atoms with van der Waals surface area (Å²) in [6.45, 7) is 5.58. The minimum Gasteiger partial charge on any atom is -0.385 e. The summed E-state index contributed by atoms with van der Waals surface area (Å²) in [5, 5.41) is 6.56. The minimum absolute atomic E-state index is 0.0209. The summed E-state index contributed by atoms with van der Waals surface area (Å²) < 4.78 is 5.00. The molecule has 2 N–H and O–H groups in total. The quantitative estimate of drug-likeness (QED) is 0.613. The SMILES string of the molecule is COCCCNC(=O)C(C)N(CC1CCCN1)C1CC1. The molecule has 2 aliphatic rings. The van der Waals surface area contributed by atoms with Crippen LogP contribution in [0.5, 0.6) is 0 Å². The molecule has 2 rings (SSSR count). The molecule has 0 aromatic heterocycles. The van der Waals surface area contributed by atoms with Crippen molar-refractivity contribution in [2.75, 3.05) is 33.4 Å². The van der Waals surface area contributed by atoms with Gasteiger partial charge in [-0.3, -0.25) is 9.69 Å². The van der Waals surface area contributed by atoms with Gasteiger partial charge in [0.05, 0.1) is 6.04 Å². The molecule has 2 unspecified atom stereocenters. The lowest BCUT2D eigenvalue weighted by atomic mass is 10.1. The predicted octanol–water partition coefficient (Wildman–Crippen LogP) is 0.744. The number of nitrogens with one attached hydrogen (secondary N) is 2. The highest BCUT2D eigenvalue weighted by Gasteiger charge is 2.36. The van der Waals surface area contributed by atoms with Crippen LogP contribution >= 0.6 is 0 Å². The molecular weight excluding hydrogens is 254 g/mol. The Bertz CT molecular complexity index is 301. The number of hydrogen-bond acceptors (Lipinski definition) is 4. The van der Waals surface area contributed by atoms with Crippen LogP contribution in [-0.4, -0.2) is 62.3 Å². The molecule has 5 heteroatoms. The maximum atomic E-state index is 12.2. The summed E-state index contributed by atoms with van der Waals surface area (Å²) in [5.41, 5.74) is 0. The zero-order valence-corrected chi connectivity index (χ0v) is 12.9. The second-order valence-corrected chi connectivity index (χ2v) is 6.03. The fourth-order valence-corrected chi connectivity index (χ4v) is 2.92. The molecule has 0 radical (unpaired) electrons. The third kappa shape index (κ3) is 4.72. The lowest BCUT2D eigenvalue weighted by Gasteiger charge is -2.30. The topological polar surface area (TPSA) is 53.6 Å². The first kappa shape index (κ1) is 15.7. The summed E-state index contributed by atoms with van der Waals surface area (Å²) in [6, 6.07) is 1.17. The Kier molecular flexibility index (Phi) is 6.26. The summed E-state index contributed by atoms with van der Waals surface area (Å²) in [5.74, 6) is 0.158. The van der Waals surface area contributed by atoms with Crippen molar-refractivity contribution in [2.24, 2.45) is 0 Å². The van der Waals surface area contributed by atoms with Crippen LogP contribution in [0.25, 0.3) is 0 Å². The third-order valence-corrected chi connectivity index (χ3v) is 4.31. The Hall–Kier alpha value is -0.650. The zero-order valence-electron chi connectivity index (χ0n) is 12.9. The van der Waals surface area contributed by atoms with E-state index in [4.69, 9.17) is 4.74 Å². The molecule has 1 saturated carbocycles. The van der Waals surface area contributed by atoms with Crippen molar-refractivity contribution in [3.63, 3.8) is 0 Å². The molecular formula is C15H29N3O2. The van der Waals surface area contributed by atoms with E-state index in [0.29, 0.717) is 25.2 Å². The number of methoxy groups -OCH3 is 1. The lowest BCUT2D eigenvalue weighted by molar-refractivity contribution is -0.126. The first-order valence-corrected chi connectivity index (χ1v) is 7.98. The number of ether oxygens (including phenoxy) is 1. The van der Waals surface area contributed by atoms with Crippen LogP contribution in [0, 0.1) is 0 Å². The molecule has 0 bridgehead atoms. The maximum absolute atomic E-state index is 12.2. The van der Waals surface area contributed by atoms with Crippen LogP contribution < -0.4 is 10.6 Å². The van der Waals surface area contributed by atoms with Gasteiger partial charge in [0, 0.05) is 38.9 Å². The lowest BCUT2D eigenvalue weighted by Crippen LogP contribution is -2.50. The normalized spacial score (nSPS) is 24.1. The van der Waals surface area contributed by atoms with Gasteiger partial charge in [0.25, 0.3) is 0 Å². The van der Waals surface area contributed by atoms with Gasteiger partial charge in [0.1, 0.15) is 0 Å². The van der Waals surface area contributed by atoms with Gasteiger partial charge in [-0.1, -0.05) is 0 Å². The Balaban J connectivity index is 1.76. The molecule has 2 atom stereocenters. The van der Waals surface area contributed by atoms with Crippen LogP contribution in [0.1, 0.15) is 39.0 Å². The largest absolute Gasteiger partial charge is 0.385 e. The van der Waals surface area contributed by atoms with Gasteiger partial charge in [-0.05, 0) is 45.6 Å². The molecule has 1 amide bonds. The smallest absolute Gasteiger partial charge is 0.237 e. The molecule has 0 aromatic carbocycles. The molecule has 1 saturated heterocycles. The summed E-state index contributed by atoms with van der Waals surface area (Å²) >= 11 is 0. The highest BCUT2D eigenvalue weighted by atomic mass is 16.5. The fraction of sp³-hybridized carbons (Fsp3) is 0.933. The van der Waals surface area contributed by atoms with Gasteiger partial charge in [-0.25, -0.2) is 0 Å². The predicted molar refractivity (Wildman–Crippen MR) is 79.7 cm³/mol. The number of carbonyl (C=O) groups is 1. The van der Waals surface area contributed by atoms with Gasteiger partial charge in [0.2, 0.25) is 5.91 Å². The number of nitrogens with zero attached hydrogens (tertiary/aromatic N) is 1. The Morgan fingerprint density at radius 2 is 2.25 bits per heavy atom. The highest BCUT2D eigenvalue weighted by Crippen LogP contribution is 2.29. The van der Waals surface area contributed by atoms with E-state index >= 15 is 0 Å². The summed E-state index contributed by atoms with van der Waals surface area (Å²) in [7, 11) is 1.69. The van der Waals surface area contributed by atoms with Crippen LogP contribution in [0.3, 0.4) is 0 Å². The molecule has 20 heavy (non-hydrogen) atoms. The van der Waals surface area contributed by atoms with Crippen molar-refractivity contribution in [2.45, 2.75) is 57.2 Å². The van der Waals surface area contributed by atoms with Crippen LogP contribution in [0.15, 0.2) is 0 Å². The van der Waals surface area contributed by atoms with Gasteiger partial charge < -0.3 is 15.4 Å². The molecule has 1 heterocycles. The number of carbonyl (C=O) groups excluding carboxylic acids is 1. The molecule has 2 fully saturated rings. The van der Waals surface area contributed by atoms with E-state index in [0.717, 1.165) is 19.5 Å². The molecule has 1 aliphatic heterocycles. The van der Waals surface area contributed by atoms with E-state index in [1.807, 2.05) is 6.92 Å². The third-order valence-electron chi connectivity index (χ3n) is 4.31. The maximum Gasteiger partial charge on any atom is 0.237 e. The van der Waals surface area contributed by atoms with Crippen molar-refractivity contribution in [1.82, 2.24) is 15.5 Å². The van der Waals surface area contributed by atoms with E-state index in [9.17, 15) is 4.79 Å². The van der Waals surface area contributed by atoms with E-state index in [1.54, 1.807) is 7.11 Å². The first-order chi connectivity index (χ1) is 9.72. The molecule has 116 valence electrons. The van der Waals surface area contributed by atoms with E-state index in [2.05, 4.69) is 15.5 Å². The average molecular weight is 283 g/mol. The minimum atomic E-state index is -0.0209. The van der Waals surface area contributed by atoms with Gasteiger partial charge in [0.15, 0.2) is 0 Å². The fourth-order valence-electron chi connectivity index (χ4n) is 2.92. The van der Waals surface area contributed by atoms with Crippen LogP contribution in [0.2, 0.25) is 0 Å². The van der Waals surface area contributed by atoms with Crippen molar-refractivity contribution < 1.29 is 9.53 Å². The van der Waals surface area contributed by atoms with Gasteiger partial charge in [-0.2, -0.15) is 0 Å². The Labute approximate surface area is 122 Å². The standard InChI is InChI=1S/C15H29N3O2/c1-12(15(19)17-9-4-10-20-2)18(14-6-7-14)11-13-5-3-8-16-13/h12-14,16H,3-11H2,1-2H3,(H,17,19). The monoisotopic (exact) mass is 283 g/mol. The van der Waals surface area contributed by atoms with Crippen molar-refractivity contribution in [3.05, 3.63) is 0 Å². The molecule has 1 aliphatic carbocycles. The Morgan fingerprint density at radius 3 is 2.85 bits per heavy atom. The van der Waals surface area contributed by atoms with Crippen LogP contribution in [-0.2, 0) is 9.53 Å². The van der Waals surface area contributed by atoms with Crippen molar-refractivity contribution in [3.8, 4) is 0 Å². The average Bonchev–Trinajstić information content (AvgIpc) is 3.17. The Morgan fingerprint density at radius 1 is 1.45 bits per heavy atom. The number of amides is 1.